The Balaban J connectivity index is 1.57. The Hall–Kier alpha value is -1.85. The van der Waals surface area contributed by atoms with Gasteiger partial charge in [0.05, 0.1) is 12.2 Å². The number of rotatable bonds is 7. The highest BCUT2D eigenvalue weighted by Gasteiger charge is 2.38. The molecule has 0 unspecified atom stereocenters. The second-order valence-electron chi connectivity index (χ2n) is 5.89. The van der Waals surface area contributed by atoms with Gasteiger partial charge in [-0.25, -0.2) is 0 Å². The van der Waals surface area contributed by atoms with Crippen molar-refractivity contribution in [2.24, 2.45) is 11.8 Å². The molecule has 116 valence electrons. The Morgan fingerprint density at radius 3 is 2.67 bits per heavy atom. The van der Waals surface area contributed by atoms with Crippen molar-refractivity contribution < 1.29 is 9.59 Å². The summed E-state index contributed by atoms with van der Waals surface area (Å²) in [5.74, 6) is 0.447. The standard InChI is InChI=1S/C15H24N4O2/c1-10-7-13(10)15(21)17-9-14(20)16-5-4-6-19-12(3)8-11(2)18-19/h8,10,13H,4-7,9H2,1-3H3,(H,16,20)(H,17,21)/t10-,13+/m0/s1. The molecule has 0 spiro atoms. The molecule has 21 heavy (non-hydrogen) atoms. The topological polar surface area (TPSA) is 76.0 Å². The molecule has 1 aromatic heterocycles. The molecule has 6 heteroatoms. The van der Waals surface area contributed by atoms with E-state index in [1.165, 1.54) is 0 Å². The summed E-state index contributed by atoms with van der Waals surface area (Å²) < 4.78 is 1.94. The SMILES string of the molecule is Cc1cc(C)n(CCCNC(=O)CNC(=O)[C@@H]2C[C@@H]2C)n1. The molecule has 2 amide bonds. The fourth-order valence-electron chi connectivity index (χ4n) is 2.41. The lowest BCUT2D eigenvalue weighted by Gasteiger charge is -2.07. The van der Waals surface area contributed by atoms with Gasteiger partial charge in [0.15, 0.2) is 0 Å². The minimum Gasteiger partial charge on any atom is -0.355 e. The predicted molar refractivity (Wildman–Crippen MR) is 79.6 cm³/mol. The molecule has 2 rings (SSSR count). The first-order valence-electron chi connectivity index (χ1n) is 7.53. The van der Waals surface area contributed by atoms with Crippen molar-refractivity contribution in [1.29, 1.82) is 0 Å². The number of hydrogen-bond acceptors (Lipinski definition) is 3. The van der Waals surface area contributed by atoms with Gasteiger partial charge in [-0.15, -0.1) is 0 Å². The van der Waals surface area contributed by atoms with Gasteiger partial charge in [0.1, 0.15) is 0 Å². The van der Waals surface area contributed by atoms with Gasteiger partial charge in [-0.3, -0.25) is 14.3 Å². The fourth-order valence-corrected chi connectivity index (χ4v) is 2.41. The molecule has 1 aliphatic rings. The van der Waals surface area contributed by atoms with Crippen LogP contribution < -0.4 is 10.6 Å². The Labute approximate surface area is 125 Å². The summed E-state index contributed by atoms with van der Waals surface area (Å²) in [5.41, 5.74) is 2.14. The summed E-state index contributed by atoms with van der Waals surface area (Å²) in [4.78, 5) is 23.2. The molecule has 1 aliphatic carbocycles. The summed E-state index contributed by atoms with van der Waals surface area (Å²) in [5, 5.41) is 9.85. The van der Waals surface area contributed by atoms with Crippen molar-refractivity contribution in [1.82, 2.24) is 20.4 Å². The van der Waals surface area contributed by atoms with E-state index >= 15 is 0 Å². The van der Waals surface area contributed by atoms with Gasteiger partial charge in [0.2, 0.25) is 11.8 Å². The number of hydrogen-bond donors (Lipinski definition) is 2. The lowest BCUT2D eigenvalue weighted by atomic mass is 10.3. The van der Waals surface area contributed by atoms with E-state index < -0.39 is 0 Å². The molecule has 2 atom stereocenters. The van der Waals surface area contributed by atoms with E-state index in [0.717, 1.165) is 30.8 Å². The monoisotopic (exact) mass is 292 g/mol. The van der Waals surface area contributed by atoms with Crippen molar-refractivity contribution in [2.45, 2.75) is 40.2 Å². The van der Waals surface area contributed by atoms with Crippen LogP contribution in [-0.4, -0.2) is 34.7 Å². The molecule has 0 aliphatic heterocycles. The Morgan fingerprint density at radius 2 is 2.10 bits per heavy atom. The van der Waals surface area contributed by atoms with Crippen molar-refractivity contribution in [3.05, 3.63) is 17.5 Å². The van der Waals surface area contributed by atoms with Crippen LogP contribution in [0.25, 0.3) is 0 Å². The van der Waals surface area contributed by atoms with Crippen LogP contribution in [0.2, 0.25) is 0 Å². The van der Waals surface area contributed by atoms with E-state index in [2.05, 4.69) is 15.7 Å². The molecule has 0 bridgehead atoms. The van der Waals surface area contributed by atoms with Gasteiger partial charge in [0, 0.05) is 24.7 Å². The van der Waals surface area contributed by atoms with Crippen molar-refractivity contribution in [3.8, 4) is 0 Å². The second kappa shape index (κ2) is 6.74. The summed E-state index contributed by atoms with van der Waals surface area (Å²) in [6.45, 7) is 7.48. The van der Waals surface area contributed by atoms with E-state index in [4.69, 9.17) is 0 Å². The molecular formula is C15H24N4O2. The minimum atomic E-state index is -0.134. The van der Waals surface area contributed by atoms with Gasteiger partial charge in [0.25, 0.3) is 0 Å². The highest BCUT2D eigenvalue weighted by atomic mass is 16.2. The first kappa shape index (κ1) is 15.5. The van der Waals surface area contributed by atoms with E-state index in [9.17, 15) is 9.59 Å². The normalized spacial score (nSPS) is 20.1. The highest BCUT2D eigenvalue weighted by molar-refractivity contribution is 5.87. The Morgan fingerprint density at radius 1 is 1.38 bits per heavy atom. The number of amides is 2. The van der Waals surface area contributed by atoms with E-state index in [0.29, 0.717) is 12.5 Å². The minimum absolute atomic E-state index is 0.000270. The summed E-state index contributed by atoms with van der Waals surface area (Å²) in [6.07, 6.45) is 1.76. The average Bonchev–Trinajstić information content (AvgIpc) is 3.07. The molecule has 6 nitrogen and oxygen atoms in total. The molecule has 1 heterocycles. The van der Waals surface area contributed by atoms with Crippen LogP contribution in [-0.2, 0) is 16.1 Å². The second-order valence-corrected chi connectivity index (χ2v) is 5.89. The summed E-state index contributed by atoms with van der Waals surface area (Å²) >= 11 is 0. The molecular weight excluding hydrogens is 268 g/mol. The maximum Gasteiger partial charge on any atom is 0.239 e. The number of carbonyl (C=O) groups excluding carboxylic acids is 2. The first-order chi connectivity index (χ1) is 9.97. The number of aryl methyl sites for hydroxylation is 3. The molecule has 1 fully saturated rings. The molecule has 0 radical (unpaired) electrons. The number of carbonyl (C=O) groups is 2. The van der Waals surface area contributed by atoms with Gasteiger partial charge >= 0.3 is 0 Å². The van der Waals surface area contributed by atoms with Crippen LogP contribution in [0.3, 0.4) is 0 Å². The quantitative estimate of drug-likeness (QED) is 0.729. The van der Waals surface area contributed by atoms with Crippen LogP contribution in [0, 0.1) is 25.7 Å². The van der Waals surface area contributed by atoms with Gasteiger partial charge in [-0.2, -0.15) is 5.10 Å². The Bertz CT molecular complexity index is 524. The predicted octanol–water partition coefficient (Wildman–Crippen LogP) is 0.778. The molecule has 1 aromatic rings. The maximum atomic E-state index is 11.6. The van der Waals surface area contributed by atoms with E-state index in [1.807, 2.05) is 31.5 Å². The lowest BCUT2D eigenvalue weighted by molar-refractivity contribution is -0.127. The molecule has 0 aromatic carbocycles. The smallest absolute Gasteiger partial charge is 0.239 e. The van der Waals surface area contributed by atoms with Crippen molar-refractivity contribution >= 4 is 11.8 Å². The van der Waals surface area contributed by atoms with Crippen LogP contribution in [0.5, 0.6) is 0 Å². The van der Waals surface area contributed by atoms with E-state index in [-0.39, 0.29) is 24.3 Å². The third-order valence-corrected chi connectivity index (χ3v) is 3.84. The van der Waals surface area contributed by atoms with Crippen LogP contribution in [0.15, 0.2) is 6.07 Å². The number of nitrogens with zero attached hydrogens (tertiary/aromatic N) is 2. The lowest BCUT2D eigenvalue weighted by Crippen LogP contribution is -2.38. The zero-order valence-electron chi connectivity index (χ0n) is 13.0. The van der Waals surface area contributed by atoms with Gasteiger partial charge in [-0.1, -0.05) is 6.92 Å². The molecule has 1 saturated carbocycles. The average molecular weight is 292 g/mol. The third kappa shape index (κ3) is 4.58. The van der Waals surface area contributed by atoms with Crippen molar-refractivity contribution in [3.63, 3.8) is 0 Å². The zero-order chi connectivity index (χ0) is 15.4. The first-order valence-corrected chi connectivity index (χ1v) is 7.53. The largest absolute Gasteiger partial charge is 0.355 e. The fraction of sp³-hybridized carbons (Fsp3) is 0.667. The van der Waals surface area contributed by atoms with E-state index in [1.54, 1.807) is 0 Å². The van der Waals surface area contributed by atoms with Crippen LogP contribution >= 0.6 is 0 Å². The summed E-state index contributed by atoms with van der Waals surface area (Å²) in [7, 11) is 0. The number of aromatic nitrogens is 2. The summed E-state index contributed by atoms with van der Waals surface area (Å²) in [6, 6.07) is 2.03. The van der Waals surface area contributed by atoms with Crippen LogP contribution in [0.1, 0.15) is 31.2 Å². The number of nitrogens with one attached hydrogen (secondary N) is 2. The van der Waals surface area contributed by atoms with Crippen molar-refractivity contribution in [2.75, 3.05) is 13.1 Å². The molecule has 0 saturated heterocycles. The third-order valence-electron chi connectivity index (χ3n) is 3.84. The van der Waals surface area contributed by atoms with Gasteiger partial charge < -0.3 is 10.6 Å². The highest BCUT2D eigenvalue weighted by Crippen LogP contribution is 2.37. The molecule has 2 N–H and O–H groups in total. The maximum absolute atomic E-state index is 11.6. The van der Waals surface area contributed by atoms with Gasteiger partial charge in [-0.05, 0) is 38.7 Å². The van der Waals surface area contributed by atoms with Crippen LogP contribution in [0.4, 0.5) is 0 Å². The zero-order valence-corrected chi connectivity index (χ0v) is 13.0. The Kier molecular flexibility index (Phi) is 4.98.